The van der Waals surface area contributed by atoms with Gasteiger partial charge in [0, 0.05) is 33.7 Å². The second-order valence-electron chi connectivity index (χ2n) is 12.8. The topological polar surface area (TPSA) is 43.9 Å². The number of aryl methyl sites for hydroxylation is 1. The monoisotopic (exact) mass is 583 g/mol. The lowest BCUT2D eigenvalue weighted by molar-refractivity contribution is 0.590. The van der Waals surface area contributed by atoms with Crippen LogP contribution in [0.2, 0.25) is 0 Å². The summed E-state index contributed by atoms with van der Waals surface area (Å²) in [5.41, 5.74) is 12.5. The Bertz CT molecular complexity index is 2300. The molecule has 218 valence electrons. The molecule has 0 bridgehead atoms. The van der Waals surface area contributed by atoms with Gasteiger partial charge in [0.05, 0.1) is 16.7 Å². The van der Waals surface area contributed by atoms with Crippen molar-refractivity contribution >= 4 is 33.1 Å². The third-order valence-corrected chi connectivity index (χ3v) is 8.75. The summed E-state index contributed by atoms with van der Waals surface area (Å²) in [6.07, 6.45) is 1.89. The Morgan fingerprint density at radius 2 is 1.31 bits per heavy atom. The number of furan rings is 1. The van der Waals surface area contributed by atoms with Gasteiger partial charge in [-0.15, -0.1) is 0 Å². The SMILES string of the molecule is Cc1cccc2oc3ncc(-c4nc5ccccc5n4-c4c(-c5ccccc5)cc(C(C)(C)C)cc4-c4ccccc4)cc3c12. The predicted molar refractivity (Wildman–Crippen MR) is 186 cm³/mol. The lowest BCUT2D eigenvalue weighted by Crippen LogP contribution is -2.13. The van der Waals surface area contributed by atoms with Crippen molar-refractivity contribution < 1.29 is 4.42 Å². The van der Waals surface area contributed by atoms with Crippen LogP contribution in [0.4, 0.5) is 0 Å². The number of benzene rings is 5. The summed E-state index contributed by atoms with van der Waals surface area (Å²) in [5.74, 6) is 0.839. The van der Waals surface area contributed by atoms with Gasteiger partial charge in [-0.2, -0.15) is 0 Å². The van der Waals surface area contributed by atoms with Gasteiger partial charge in [0.1, 0.15) is 11.4 Å². The van der Waals surface area contributed by atoms with E-state index < -0.39 is 0 Å². The summed E-state index contributed by atoms with van der Waals surface area (Å²) in [4.78, 5) is 10.1. The van der Waals surface area contributed by atoms with E-state index in [2.05, 4.69) is 141 Å². The lowest BCUT2D eigenvalue weighted by atomic mass is 9.82. The quantitative estimate of drug-likeness (QED) is 0.207. The van der Waals surface area contributed by atoms with Crippen molar-refractivity contribution in [1.82, 2.24) is 14.5 Å². The third kappa shape index (κ3) is 4.53. The number of aromatic nitrogens is 3. The summed E-state index contributed by atoms with van der Waals surface area (Å²) < 4.78 is 8.50. The second kappa shape index (κ2) is 10.3. The Morgan fingerprint density at radius 3 is 1.98 bits per heavy atom. The van der Waals surface area contributed by atoms with Crippen LogP contribution >= 0.6 is 0 Å². The molecule has 0 spiro atoms. The van der Waals surface area contributed by atoms with Crippen LogP contribution in [0, 0.1) is 6.92 Å². The molecule has 0 saturated carbocycles. The van der Waals surface area contributed by atoms with Gasteiger partial charge in [-0.25, -0.2) is 9.97 Å². The van der Waals surface area contributed by atoms with E-state index in [4.69, 9.17) is 14.4 Å². The van der Waals surface area contributed by atoms with Crippen LogP contribution in [0.1, 0.15) is 31.9 Å². The summed E-state index contributed by atoms with van der Waals surface area (Å²) in [7, 11) is 0. The zero-order valence-corrected chi connectivity index (χ0v) is 25.9. The molecule has 3 heterocycles. The normalized spacial score (nSPS) is 12.0. The number of para-hydroxylation sites is 2. The summed E-state index contributed by atoms with van der Waals surface area (Å²) >= 11 is 0. The van der Waals surface area contributed by atoms with Crippen molar-refractivity contribution in [1.29, 1.82) is 0 Å². The van der Waals surface area contributed by atoms with Crippen LogP contribution in [0.3, 0.4) is 0 Å². The van der Waals surface area contributed by atoms with Crippen LogP contribution < -0.4 is 0 Å². The van der Waals surface area contributed by atoms with Gasteiger partial charge < -0.3 is 4.42 Å². The largest absolute Gasteiger partial charge is 0.438 e. The van der Waals surface area contributed by atoms with Crippen molar-refractivity contribution in [2.24, 2.45) is 0 Å². The molecule has 5 aromatic carbocycles. The minimum absolute atomic E-state index is 0.0550. The molecule has 0 aliphatic heterocycles. The first-order valence-corrected chi connectivity index (χ1v) is 15.4. The number of hydrogen-bond acceptors (Lipinski definition) is 3. The Balaban J connectivity index is 1.52. The molecule has 0 saturated heterocycles. The highest BCUT2D eigenvalue weighted by atomic mass is 16.3. The van der Waals surface area contributed by atoms with E-state index in [0.29, 0.717) is 5.71 Å². The average molecular weight is 584 g/mol. The molecule has 0 radical (unpaired) electrons. The molecular weight excluding hydrogens is 550 g/mol. The third-order valence-electron chi connectivity index (χ3n) is 8.75. The average Bonchev–Trinajstić information content (AvgIpc) is 3.63. The van der Waals surface area contributed by atoms with Gasteiger partial charge in [0.15, 0.2) is 0 Å². The van der Waals surface area contributed by atoms with Gasteiger partial charge >= 0.3 is 0 Å². The minimum Gasteiger partial charge on any atom is -0.438 e. The number of fused-ring (bicyclic) bond motifs is 4. The van der Waals surface area contributed by atoms with E-state index in [1.54, 1.807) is 0 Å². The van der Waals surface area contributed by atoms with Crippen molar-refractivity contribution in [2.75, 3.05) is 0 Å². The standard InChI is InChI=1S/C41H33N3O/c1-26-14-13-21-36-37(26)33-22-29(25-42-40(33)45-36)39-43-34-19-11-12-20-35(34)44(39)38-31(27-15-7-5-8-16-27)23-30(41(2,3)4)24-32(38)28-17-9-6-10-18-28/h5-25H,1-4H3. The number of imidazole rings is 1. The van der Waals surface area contributed by atoms with Gasteiger partial charge in [-0.05, 0) is 71.0 Å². The van der Waals surface area contributed by atoms with Crippen LogP contribution in [0.5, 0.6) is 0 Å². The summed E-state index contributed by atoms with van der Waals surface area (Å²) in [5, 5.41) is 2.09. The molecule has 0 N–H and O–H groups in total. The van der Waals surface area contributed by atoms with Gasteiger partial charge in [-0.1, -0.05) is 106 Å². The van der Waals surface area contributed by atoms with E-state index in [1.807, 2.05) is 18.3 Å². The Morgan fingerprint density at radius 1 is 0.667 bits per heavy atom. The number of nitrogens with zero attached hydrogens (tertiary/aromatic N) is 3. The first kappa shape index (κ1) is 27.1. The van der Waals surface area contributed by atoms with Crippen LogP contribution in [-0.4, -0.2) is 14.5 Å². The molecule has 4 heteroatoms. The molecule has 0 fully saturated rings. The molecule has 45 heavy (non-hydrogen) atoms. The summed E-state index contributed by atoms with van der Waals surface area (Å²) in [6, 6.07) is 42.9. The van der Waals surface area contributed by atoms with Crippen molar-refractivity contribution in [3.8, 4) is 39.3 Å². The maximum atomic E-state index is 6.16. The Kier molecular flexibility index (Phi) is 6.21. The Hall–Kier alpha value is -5.48. The van der Waals surface area contributed by atoms with Crippen molar-refractivity contribution in [3.63, 3.8) is 0 Å². The molecule has 0 atom stereocenters. The van der Waals surface area contributed by atoms with Crippen LogP contribution in [0.25, 0.3) is 72.4 Å². The molecule has 0 unspecified atom stereocenters. The van der Waals surface area contributed by atoms with E-state index in [9.17, 15) is 0 Å². The lowest BCUT2D eigenvalue weighted by Gasteiger charge is -2.26. The maximum Gasteiger partial charge on any atom is 0.227 e. The maximum absolute atomic E-state index is 6.16. The molecule has 0 amide bonds. The number of pyridine rings is 1. The van der Waals surface area contributed by atoms with Crippen LogP contribution in [0.15, 0.2) is 132 Å². The molecular formula is C41H33N3O. The fourth-order valence-corrected chi connectivity index (χ4v) is 6.44. The first-order chi connectivity index (χ1) is 21.9. The molecule has 0 aliphatic rings. The second-order valence-corrected chi connectivity index (χ2v) is 12.8. The smallest absolute Gasteiger partial charge is 0.227 e. The van der Waals surface area contributed by atoms with Crippen molar-refractivity contribution in [2.45, 2.75) is 33.1 Å². The van der Waals surface area contributed by atoms with E-state index in [-0.39, 0.29) is 5.41 Å². The fourth-order valence-electron chi connectivity index (χ4n) is 6.44. The molecule has 8 aromatic rings. The summed E-state index contributed by atoms with van der Waals surface area (Å²) in [6.45, 7) is 8.96. The highest BCUT2D eigenvalue weighted by molar-refractivity contribution is 6.06. The number of rotatable bonds is 4. The molecule has 3 aromatic heterocycles. The van der Waals surface area contributed by atoms with Gasteiger partial charge in [0.25, 0.3) is 0 Å². The predicted octanol–water partition coefficient (Wildman–Crippen LogP) is 10.9. The minimum atomic E-state index is -0.0550. The highest BCUT2D eigenvalue weighted by Crippen LogP contribution is 2.43. The zero-order chi connectivity index (χ0) is 30.7. The van der Waals surface area contributed by atoms with Gasteiger partial charge in [-0.3, -0.25) is 4.57 Å². The number of hydrogen-bond donors (Lipinski definition) is 0. The van der Waals surface area contributed by atoms with E-state index in [1.165, 1.54) is 5.56 Å². The molecule has 4 nitrogen and oxygen atoms in total. The molecule has 8 rings (SSSR count). The van der Waals surface area contributed by atoms with E-state index in [0.717, 1.165) is 72.3 Å². The zero-order valence-electron chi connectivity index (χ0n) is 25.9. The highest BCUT2D eigenvalue weighted by Gasteiger charge is 2.25. The van der Waals surface area contributed by atoms with Crippen molar-refractivity contribution in [3.05, 3.63) is 139 Å². The van der Waals surface area contributed by atoms with E-state index >= 15 is 0 Å². The molecule has 0 aliphatic carbocycles. The first-order valence-electron chi connectivity index (χ1n) is 15.4. The van der Waals surface area contributed by atoms with Gasteiger partial charge in [0.2, 0.25) is 5.71 Å². The van der Waals surface area contributed by atoms with Crippen LogP contribution in [-0.2, 0) is 5.41 Å². The Labute approximate surface area is 262 Å². The fraction of sp³-hybridized carbons (Fsp3) is 0.122.